The number of benzene rings is 2. The minimum Gasteiger partial charge on any atom is -0.356 e. The summed E-state index contributed by atoms with van der Waals surface area (Å²) >= 11 is 0. The van der Waals surface area contributed by atoms with Crippen LogP contribution >= 0.6 is 0 Å². The van der Waals surface area contributed by atoms with Crippen molar-refractivity contribution in [2.24, 2.45) is 0 Å². The van der Waals surface area contributed by atoms with Crippen LogP contribution in [0.15, 0.2) is 61.2 Å². The molecule has 0 aliphatic carbocycles. The fraction of sp³-hybridized carbons (Fsp3) is 0.0588. The van der Waals surface area contributed by atoms with E-state index in [4.69, 9.17) is 0 Å². The summed E-state index contributed by atoms with van der Waals surface area (Å²) in [5.41, 5.74) is 4.48. The Morgan fingerprint density at radius 2 is 1.72 bits per heavy atom. The van der Waals surface area contributed by atoms with Crippen molar-refractivity contribution in [1.82, 2.24) is 0 Å². The molecule has 0 saturated heterocycles. The molecule has 2 aromatic rings. The van der Waals surface area contributed by atoms with Crippen LogP contribution in [-0.4, -0.2) is 0 Å². The van der Waals surface area contributed by atoms with Crippen molar-refractivity contribution in [3.63, 3.8) is 0 Å². The van der Waals surface area contributed by atoms with E-state index in [9.17, 15) is 0 Å². The zero-order chi connectivity index (χ0) is 12.8. The Bertz CT molecular complexity index is 553. The van der Waals surface area contributed by atoms with E-state index < -0.39 is 0 Å². The van der Waals surface area contributed by atoms with Gasteiger partial charge in [-0.15, -0.1) is 0 Å². The molecule has 0 saturated carbocycles. The standard InChI is InChI=1S/C17H17N/c1-3-8-15-11-12-17(13-14(15)4-2)18-16-9-6-5-7-10-16/h3-13,18H,2H2,1H3/b8-3-. The zero-order valence-corrected chi connectivity index (χ0v) is 10.6. The Kier molecular flexibility index (Phi) is 3.98. The quantitative estimate of drug-likeness (QED) is 0.776. The highest BCUT2D eigenvalue weighted by Crippen LogP contribution is 2.21. The molecule has 0 amide bonds. The van der Waals surface area contributed by atoms with Crippen LogP contribution in [0.4, 0.5) is 11.4 Å². The van der Waals surface area contributed by atoms with Crippen LogP contribution in [0.1, 0.15) is 18.1 Å². The summed E-state index contributed by atoms with van der Waals surface area (Å²) in [5.74, 6) is 0. The Morgan fingerprint density at radius 1 is 0.944 bits per heavy atom. The average Bonchev–Trinajstić information content (AvgIpc) is 2.42. The molecule has 0 spiro atoms. The first-order valence-electron chi connectivity index (χ1n) is 6.04. The van der Waals surface area contributed by atoms with E-state index in [2.05, 4.69) is 36.2 Å². The molecule has 0 aliphatic rings. The largest absolute Gasteiger partial charge is 0.356 e. The number of anilines is 2. The van der Waals surface area contributed by atoms with Gasteiger partial charge in [-0.3, -0.25) is 0 Å². The molecule has 1 nitrogen and oxygen atoms in total. The third kappa shape index (κ3) is 2.89. The monoisotopic (exact) mass is 235 g/mol. The van der Waals surface area contributed by atoms with Gasteiger partial charge >= 0.3 is 0 Å². The number of hydrogen-bond donors (Lipinski definition) is 1. The lowest BCUT2D eigenvalue weighted by atomic mass is 10.1. The van der Waals surface area contributed by atoms with Crippen LogP contribution in [0.25, 0.3) is 12.2 Å². The molecule has 0 fully saturated rings. The fourth-order valence-corrected chi connectivity index (χ4v) is 1.85. The molecular formula is C17H17N. The second-order valence-electron chi connectivity index (χ2n) is 4.04. The van der Waals surface area contributed by atoms with Crippen LogP contribution < -0.4 is 5.32 Å². The molecule has 0 aromatic heterocycles. The van der Waals surface area contributed by atoms with E-state index >= 15 is 0 Å². The summed E-state index contributed by atoms with van der Waals surface area (Å²) in [6.45, 7) is 5.88. The molecular weight excluding hydrogens is 218 g/mol. The zero-order valence-electron chi connectivity index (χ0n) is 10.6. The third-order valence-corrected chi connectivity index (χ3v) is 2.72. The van der Waals surface area contributed by atoms with Gasteiger partial charge in [0.2, 0.25) is 0 Å². The topological polar surface area (TPSA) is 12.0 Å². The first-order valence-corrected chi connectivity index (χ1v) is 6.04. The van der Waals surface area contributed by atoms with Gasteiger partial charge in [0.15, 0.2) is 0 Å². The molecule has 1 heteroatoms. The van der Waals surface area contributed by atoms with E-state index in [1.54, 1.807) is 0 Å². The van der Waals surface area contributed by atoms with E-state index in [1.165, 1.54) is 5.56 Å². The van der Waals surface area contributed by atoms with Crippen LogP contribution in [0.2, 0.25) is 0 Å². The maximum Gasteiger partial charge on any atom is 0.0390 e. The van der Waals surface area contributed by atoms with Crippen molar-refractivity contribution in [3.8, 4) is 0 Å². The predicted molar refractivity (Wildman–Crippen MR) is 81.0 cm³/mol. The van der Waals surface area contributed by atoms with Crippen LogP contribution in [0, 0.1) is 0 Å². The number of hydrogen-bond acceptors (Lipinski definition) is 1. The van der Waals surface area contributed by atoms with Gasteiger partial charge in [0.1, 0.15) is 0 Å². The smallest absolute Gasteiger partial charge is 0.0390 e. The van der Waals surface area contributed by atoms with Crippen molar-refractivity contribution < 1.29 is 0 Å². The molecule has 0 heterocycles. The normalized spacial score (nSPS) is 10.5. The van der Waals surface area contributed by atoms with Gasteiger partial charge < -0.3 is 5.32 Å². The minimum atomic E-state index is 1.07. The number of allylic oxidation sites excluding steroid dienone is 1. The number of rotatable bonds is 4. The average molecular weight is 235 g/mol. The van der Waals surface area contributed by atoms with E-state index in [-0.39, 0.29) is 0 Å². The highest BCUT2D eigenvalue weighted by atomic mass is 14.9. The lowest BCUT2D eigenvalue weighted by molar-refractivity contribution is 1.52. The van der Waals surface area contributed by atoms with Crippen molar-refractivity contribution in [2.45, 2.75) is 6.92 Å². The van der Waals surface area contributed by atoms with E-state index in [1.807, 2.05) is 49.4 Å². The lowest BCUT2D eigenvalue weighted by Gasteiger charge is -2.09. The minimum absolute atomic E-state index is 1.07. The van der Waals surface area contributed by atoms with Gasteiger partial charge in [0.25, 0.3) is 0 Å². The third-order valence-electron chi connectivity index (χ3n) is 2.72. The Morgan fingerprint density at radius 3 is 2.39 bits per heavy atom. The summed E-state index contributed by atoms with van der Waals surface area (Å²) in [5, 5.41) is 3.38. The van der Waals surface area contributed by atoms with Gasteiger partial charge in [0, 0.05) is 11.4 Å². The number of para-hydroxylation sites is 1. The van der Waals surface area contributed by atoms with Crippen molar-refractivity contribution in [3.05, 3.63) is 72.3 Å². The molecule has 1 N–H and O–H groups in total. The fourth-order valence-electron chi connectivity index (χ4n) is 1.85. The molecule has 2 aromatic carbocycles. The first kappa shape index (κ1) is 12.2. The van der Waals surface area contributed by atoms with Crippen molar-refractivity contribution in [2.75, 3.05) is 5.32 Å². The van der Waals surface area contributed by atoms with Crippen LogP contribution in [-0.2, 0) is 0 Å². The number of nitrogens with one attached hydrogen (secondary N) is 1. The highest BCUT2D eigenvalue weighted by Gasteiger charge is 1.99. The van der Waals surface area contributed by atoms with Gasteiger partial charge in [0.05, 0.1) is 0 Å². The summed E-state index contributed by atoms with van der Waals surface area (Å²) in [4.78, 5) is 0. The summed E-state index contributed by atoms with van der Waals surface area (Å²) in [6.07, 6.45) is 6.00. The first-order chi connectivity index (χ1) is 8.83. The van der Waals surface area contributed by atoms with Gasteiger partial charge in [-0.2, -0.15) is 0 Å². The molecule has 90 valence electrons. The molecule has 0 aliphatic heterocycles. The van der Waals surface area contributed by atoms with Crippen molar-refractivity contribution in [1.29, 1.82) is 0 Å². The molecule has 0 unspecified atom stereocenters. The van der Waals surface area contributed by atoms with E-state index in [0.717, 1.165) is 16.9 Å². The molecule has 18 heavy (non-hydrogen) atoms. The molecule has 2 rings (SSSR count). The lowest BCUT2D eigenvalue weighted by Crippen LogP contribution is -1.91. The summed E-state index contributed by atoms with van der Waals surface area (Å²) in [7, 11) is 0. The van der Waals surface area contributed by atoms with Gasteiger partial charge in [-0.05, 0) is 42.3 Å². The van der Waals surface area contributed by atoms with Gasteiger partial charge in [-0.1, -0.05) is 49.1 Å². The predicted octanol–water partition coefficient (Wildman–Crippen LogP) is 5.11. The van der Waals surface area contributed by atoms with Crippen LogP contribution in [0.5, 0.6) is 0 Å². The van der Waals surface area contributed by atoms with E-state index in [0.29, 0.717) is 0 Å². The molecule has 0 atom stereocenters. The second-order valence-corrected chi connectivity index (χ2v) is 4.04. The van der Waals surface area contributed by atoms with Crippen LogP contribution in [0.3, 0.4) is 0 Å². The van der Waals surface area contributed by atoms with Crippen molar-refractivity contribution >= 4 is 23.5 Å². The Balaban J connectivity index is 2.28. The Hall–Kier alpha value is -2.28. The summed E-state index contributed by atoms with van der Waals surface area (Å²) < 4.78 is 0. The highest BCUT2D eigenvalue weighted by molar-refractivity contribution is 5.71. The summed E-state index contributed by atoms with van der Waals surface area (Å²) in [6, 6.07) is 16.4. The second kappa shape index (κ2) is 5.87. The Labute approximate surface area is 108 Å². The maximum absolute atomic E-state index is 3.86. The molecule has 0 radical (unpaired) electrons. The van der Waals surface area contributed by atoms with Gasteiger partial charge in [-0.25, -0.2) is 0 Å². The molecule has 0 bridgehead atoms. The maximum atomic E-state index is 3.86. The SMILES string of the molecule is C=Cc1cc(Nc2ccccc2)ccc1/C=C\C.